The largest absolute Gasteiger partial charge is 0.360 e. The van der Waals surface area contributed by atoms with Gasteiger partial charge in [0.15, 0.2) is 5.17 Å². The molecule has 1 aliphatic carbocycles. The third-order valence-corrected chi connectivity index (χ3v) is 4.92. The number of hydrogen-bond donors (Lipinski definition) is 1. The molecule has 1 aromatic carbocycles. The first kappa shape index (κ1) is 12.1. The Kier molecular flexibility index (Phi) is 3.33. The Hall–Kier alpha value is -0.960. The van der Waals surface area contributed by atoms with Crippen LogP contribution in [0.1, 0.15) is 31.7 Å². The van der Waals surface area contributed by atoms with Gasteiger partial charge in [-0.3, -0.25) is 4.99 Å². The van der Waals surface area contributed by atoms with Crippen LogP contribution >= 0.6 is 11.8 Å². The van der Waals surface area contributed by atoms with Crippen LogP contribution in [-0.4, -0.2) is 22.5 Å². The molecule has 0 spiro atoms. The van der Waals surface area contributed by atoms with E-state index in [0.29, 0.717) is 11.6 Å². The van der Waals surface area contributed by atoms with Crippen LogP contribution in [0.3, 0.4) is 0 Å². The van der Waals surface area contributed by atoms with Crippen molar-refractivity contribution in [3.63, 3.8) is 0 Å². The summed E-state index contributed by atoms with van der Waals surface area (Å²) in [5, 5.41) is 4.79. The Morgan fingerprint density at radius 1 is 1.33 bits per heavy atom. The predicted molar refractivity (Wildman–Crippen MR) is 79.2 cm³/mol. The first-order valence-corrected chi connectivity index (χ1v) is 7.75. The number of rotatable bonds is 3. The van der Waals surface area contributed by atoms with E-state index >= 15 is 0 Å². The molecule has 1 aromatic rings. The van der Waals surface area contributed by atoms with Gasteiger partial charge in [0.1, 0.15) is 0 Å². The summed E-state index contributed by atoms with van der Waals surface area (Å²) in [5.41, 5.74) is 1.72. The highest BCUT2D eigenvalue weighted by atomic mass is 32.2. The molecule has 3 heteroatoms. The van der Waals surface area contributed by atoms with Gasteiger partial charge in [0.05, 0.1) is 6.04 Å². The van der Waals surface area contributed by atoms with Gasteiger partial charge in [-0.15, -0.1) is 0 Å². The monoisotopic (exact) mass is 260 g/mol. The zero-order chi connectivity index (χ0) is 12.4. The average Bonchev–Trinajstić information content (AvgIpc) is 2.76. The van der Waals surface area contributed by atoms with Gasteiger partial charge in [-0.2, -0.15) is 0 Å². The summed E-state index contributed by atoms with van der Waals surface area (Å²) in [7, 11) is 0. The second-order valence-electron chi connectivity index (χ2n) is 5.63. The topological polar surface area (TPSA) is 24.4 Å². The van der Waals surface area contributed by atoms with Crippen LogP contribution in [0.2, 0.25) is 0 Å². The minimum atomic E-state index is 0.327. The molecule has 1 N–H and O–H groups in total. The van der Waals surface area contributed by atoms with E-state index in [4.69, 9.17) is 4.99 Å². The lowest BCUT2D eigenvalue weighted by molar-refractivity contribution is 0.245. The summed E-state index contributed by atoms with van der Waals surface area (Å²) in [6.07, 6.45) is 5.00. The van der Waals surface area contributed by atoms with Gasteiger partial charge in [-0.25, -0.2) is 0 Å². The second-order valence-corrected chi connectivity index (χ2v) is 6.64. The second kappa shape index (κ2) is 4.96. The van der Waals surface area contributed by atoms with Crippen LogP contribution < -0.4 is 5.32 Å². The number of amidine groups is 1. The van der Waals surface area contributed by atoms with Crippen LogP contribution in [0.5, 0.6) is 0 Å². The van der Waals surface area contributed by atoms with Crippen LogP contribution in [0.15, 0.2) is 35.3 Å². The van der Waals surface area contributed by atoms with Crippen molar-refractivity contribution in [2.24, 2.45) is 4.99 Å². The van der Waals surface area contributed by atoms with Crippen molar-refractivity contribution in [2.75, 3.05) is 5.75 Å². The zero-order valence-corrected chi connectivity index (χ0v) is 11.7. The molecular formula is C15H20N2S. The fraction of sp³-hybridized carbons (Fsp3) is 0.533. The van der Waals surface area contributed by atoms with E-state index in [1.54, 1.807) is 0 Å². The predicted octanol–water partition coefficient (Wildman–Crippen LogP) is 3.23. The van der Waals surface area contributed by atoms with E-state index in [1.807, 2.05) is 11.8 Å². The number of hydrogen-bond acceptors (Lipinski definition) is 3. The van der Waals surface area contributed by atoms with Gasteiger partial charge < -0.3 is 5.32 Å². The van der Waals surface area contributed by atoms with E-state index in [2.05, 4.69) is 42.6 Å². The first-order chi connectivity index (χ1) is 8.73. The Bertz CT molecular complexity index is 437. The molecule has 0 amide bonds. The Morgan fingerprint density at radius 3 is 2.78 bits per heavy atom. The van der Waals surface area contributed by atoms with Crippen molar-refractivity contribution >= 4 is 16.9 Å². The SMILES string of the molecule is CC1(NC2=NC(Cc3ccccc3)CS2)CCC1. The molecule has 0 saturated heterocycles. The number of nitrogens with one attached hydrogen (secondary N) is 1. The molecule has 1 atom stereocenters. The van der Waals surface area contributed by atoms with E-state index in [0.717, 1.165) is 17.3 Å². The maximum atomic E-state index is 4.82. The first-order valence-electron chi connectivity index (χ1n) is 6.76. The Labute approximate surface area is 113 Å². The molecule has 2 aliphatic rings. The molecule has 1 heterocycles. The summed E-state index contributed by atoms with van der Waals surface area (Å²) < 4.78 is 0. The zero-order valence-electron chi connectivity index (χ0n) is 10.9. The molecule has 2 nitrogen and oxygen atoms in total. The highest BCUT2D eigenvalue weighted by Crippen LogP contribution is 2.33. The number of nitrogens with zero attached hydrogens (tertiary/aromatic N) is 1. The van der Waals surface area contributed by atoms with Crippen LogP contribution in [0.25, 0.3) is 0 Å². The van der Waals surface area contributed by atoms with E-state index in [1.165, 1.54) is 24.8 Å². The van der Waals surface area contributed by atoms with E-state index in [9.17, 15) is 0 Å². The highest BCUT2D eigenvalue weighted by Gasteiger charge is 2.33. The van der Waals surface area contributed by atoms with Crippen molar-refractivity contribution in [2.45, 2.75) is 44.2 Å². The van der Waals surface area contributed by atoms with Gasteiger partial charge in [-0.05, 0) is 38.2 Å². The minimum absolute atomic E-state index is 0.327. The molecule has 3 rings (SSSR count). The number of aliphatic imine (C=N–C) groups is 1. The molecule has 1 unspecified atom stereocenters. The fourth-order valence-electron chi connectivity index (χ4n) is 2.56. The van der Waals surface area contributed by atoms with E-state index < -0.39 is 0 Å². The molecule has 96 valence electrons. The highest BCUT2D eigenvalue weighted by molar-refractivity contribution is 8.14. The number of benzene rings is 1. The molecule has 1 aliphatic heterocycles. The summed E-state index contributed by atoms with van der Waals surface area (Å²) in [5.74, 6) is 1.12. The van der Waals surface area contributed by atoms with Crippen molar-refractivity contribution in [1.82, 2.24) is 5.32 Å². The van der Waals surface area contributed by atoms with Crippen molar-refractivity contribution in [1.29, 1.82) is 0 Å². The number of thioether (sulfide) groups is 1. The summed E-state index contributed by atoms with van der Waals surface area (Å²) >= 11 is 1.88. The molecule has 0 radical (unpaired) electrons. The van der Waals surface area contributed by atoms with Gasteiger partial charge in [0.25, 0.3) is 0 Å². The minimum Gasteiger partial charge on any atom is -0.360 e. The summed E-state index contributed by atoms with van der Waals surface area (Å²) in [4.78, 5) is 4.82. The Balaban J connectivity index is 1.58. The third kappa shape index (κ3) is 2.72. The van der Waals surface area contributed by atoms with Crippen molar-refractivity contribution in [3.8, 4) is 0 Å². The average molecular weight is 260 g/mol. The standard InChI is InChI=1S/C15H20N2S/c1-15(8-5-9-15)17-14-16-13(11-18-14)10-12-6-3-2-4-7-12/h2-4,6-7,13H,5,8-11H2,1H3,(H,16,17). The lowest BCUT2D eigenvalue weighted by atomic mass is 9.79. The quantitative estimate of drug-likeness (QED) is 0.902. The molecule has 1 fully saturated rings. The lowest BCUT2D eigenvalue weighted by Gasteiger charge is -2.39. The maximum Gasteiger partial charge on any atom is 0.157 e. The fourth-order valence-corrected chi connectivity index (χ4v) is 3.65. The van der Waals surface area contributed by atoms with Gasteiger partial charge >= 0.3 is 0 Å². The lowest BCUT2D eigenvalue weighted by Crippen LogP contribution is -2.49. The molecule has 18 heavy (non-hydrogen) atoms. The van der Waals surface area contributed by atoms with E-state index in [-0.39, 0.29) is 0 Å². The molecule has 0 aromatic heterocycles. The van der Waals surface area contributed by atoms with Gasteiger partial charge in [-0.1, -0.05) is 42.1 Å². The molecule has 1 saturated carbocycles. The Morgan fingerprint density at radius 2 is 2.11 bits per heavy atom. The summed E-state index contributed by atoms with van der Waals surface area (Å²) in [6.45, 7) is 2.31. The maximum absolute atomic E-state index is 4.82. The van der Waals surface area contributed by atoms with Gasteiger partial charge in [0, 0.05) is 11.3 Å². The summed E-state index contributed by atoms with van der Waals surface area (Å²) in [6, 6.07) is 11.1. The van der Waals surface area contributed by atoms with Crippen molar-refractivity contribution < 1.29 is 0 Å². The molecular weight excluding hydrogens is 240 g/mol. The van der Waals surface area contributed by atoms with Crippen LogP contribution in [0, 0.1) is 0 Å². The third-order valence-electron chi connectivity index (χ3n) is 3.89. The van der Waals surface area contributed by atoms with Crippen LogP contribution in [-0.2, 0) is 6.42 Å². The molecule has 0 bridgehead atoms. The smallest absolute Gasteiger partial charge is 0.157 e. The van der Waals surface area contributed by atoms with Gasteiger partial charge in [0.2, 0.25) is 0 Å². The van der Waals surface area contributed by atoms with Crippen molar-refractivity contribution in [3.05, 3.63) is 35.9 Å². The van der Waals surface area contributed by atoms with Crippen LogP contribution in [0.4, 0.5) is 0 Å². The normalized spacial score (nSPS) is 25.4.